The van der Waals surface area contributed by atoms with Crippen LogP contribution in [0, 0.1) is 0 Å². The van der Waals surface area contributed by atoms with Crippen molar-refractivity contribution in [3.05, 3.63) is 58.6 Å². The molecular weight excluding hydrogens is 376 g/mol. The lowest BCUT2D eigenvalue weighted by Crippen LogP contribution is -2.36. The van der Waals surface area contributed by atoms with E-state index in [4.69, 9.17) is 9.47 Å². The molecular formula is C21H20N2O4S. The number of nitrogens with zero attached hydrogens (tertiary/aromatic N) is 2. The van der Waals surface area contributed by atoms with Gasteiger partial charge in [0.1, 0.15) is 16.5 Å². The van der Waals surface area contributed by atoms with Gasteiger partial charge >= 0.3 is 0 Å². The minimum Gasteiger partial charge on any atom is -0.508 e. The molecule has 0 unspecified atom stereocenters. The minimum absolute atomic E-state index is 0.113. The number of methoxy groups -OCH3 is 2. The SMILES string of the molecule is COc1cccc(-c2nc(C(=O)N3CCc4ccc(O)cc4C3)cs2)c1OC. The number of aromatic hydroxyl groups is 1. The molecule has 0 spiro atoms. The molecule has 0 saturated heterocycles. The summed E-state index contributed by atoms with van der Waals surface area (Å²) in [5, 5.41) is 12.2. The number of amides is 1. The van der Waals surface area contributed by atoms with Crippen LogP contribution in [0.4, 0.5) is 0 Å². The Kier molecular flexibility index (Phi) is 4.92. The smallest absolute Gasteiger partial charge is 0.273 e. The molecule has 1 aliphatic rings. The Balaban J connectivity index is 1.59. The highest BCUT2D eigenvalue weighted by Crippen LogP contribution is 2.39. The van der Waals surface area contributed by atoms with Crippen LogP contribution in [0.1, 0.15) is 21.6 Å². The van der Waals surface area contributed by atoms with E-state index in [1.807, 2.05) is 24.3 Å². The van der Waals surface area contributed by atoms with Gasteiger partial charge in [-0.25, -0.2) is 4.98 Å². The maximum absolute atomic E-state index is 13.0. The van der Waals surface area contributed by atoms with Gasteiger partial charge in [0.25, 0.3) is 5.91 Å². The zero-order chi connectivity index (χ0) is 19.7. The third kappa shape index (κ3) is 3.29. The average molecular weight is 396 g/mol. The van der Waals surface area contributed by atoms with Crippen LogP contribution in [-0.2, 0) is 13.0 Å². The van der Waals surface area contributed by atoms with Crippen molar-refractivity contribution in [2.45, 2.75) is 13.0 Å². The molecule has 0 fully saturated rings. The van der Waals surface area contributed by atoms with Gasteiger partial charge in [-0.1, -0.05) is 12.1 Å². The summed E-state index contributed by atoms with van der Waals surface area (Å²) in [5.41, 5.74) is 3.35. The van der Waals surface area contributed by atoms with E-state index in [9.17, 15) is 9.90 Å². The van der Waals surface area contributed by atoms with Crippen molar-refractivity contribution >= 4 is 17.2 Å². The number of rotatable bonds is 4. The van der Waals surface area contributed by atoms with Crippen LogP contribution in [0.5, 0.6) is 17.2 Å². The summed E-state index contributed by atoms with van der Waals surface area (Å²) < 4.78 is 10.8. The van der Waals surface area contributed by atoms with Gasteiger partial charge in [-0.15, -0.1) is 11.3 Å². The van der Waals surface area contributed by atoms with Gasteiger partial charge in [0, 0.05) is 18.5 Å². The van der Waals surface area contributed by atoms with E-state index in [0.29, 0.717) is 35.3 Å². The molecule has 6 nitrogen and oxygen atoms in total. The molecule has 0 atom stereocenters. The van der Waals surface area contributed by atoms with E-state index < -0.39 is 0 Å². The molecule has 1 aromatic heterocycles. The first-order chi connectivity index (χ1) is 13.6. The largest absolute Gasteiger partial charge is 0.508 e. The molecule has 0 aliphatic carbocycles. The summed E-state index contributed by atoms with van der Waals surface area (Å²) in [7, 11) is 3.17. The first-order valence-electron chi connectivity index (χ1n) is 8.87. The normalized spacial score (nSPS) is 13.1. The van der Waals surface area contributed by atoms with Crippen LogP contribution in [0.3, 0.4) is 0 Å². The summed E-state index contributed by atoms with van der Waals surface area (Å²) >= 11 is 1.40. The maximum Gasteiger partial charge on any atom is 0.273 e. The molecule has 0 radical (unpaired) electrons. The average Bonchev–Trinajstić information content (AvgIpc) is 3.22. The van der Waals surface area contributed by atoms with Crippen LogP contribution in [0.15, 0.2) is 41.8 Å². The summed E-state index contributed by atoms with van der Waals surface area (Å²) in [6.45, 7) is 1.10. The van der Waals surface area contributed by atoms with Crippen LogP contribution in [0.25, 0.3) is 10.6 Å². The fourth-order valence-corrected chi connectivity index (χ4v) is 4.25. The number of fused-ring (bicyclic) bond motifs is 1. The fraction of sp³-hybridized carbons (Fsp3) is 0.238. The van der Waals surface area contributed by atoms with Gasteiger partial charge in [0.05, 0.1) is 19.8 Å². The molecule has 0 saturated carbocycles. The zero-order valence-electron chi connectivity index (χ0n) is 15.6. The summed E-state index contributed by atoms with van der Waals surface area (Å²) in [6.07, 6.45) is 0.766. The molecule has 0 bridgehead atoms. The van der Waals surface area contributed by atoms with Crippen molar-refractivity contribution in [3.8, 4) is 27.8 Å². The van der Waals surface area contributed by atoms with Crippen molar-refractivity contribution in [1.82, 2.24) is 9.88 Å². The van der Waals surface area contributed by atoms with E-state index in [0.717, 1.165) is 17.5 Å². The Hall–Kier alpha value is -3.06. The van der Waals surface area contributed by atoms with Gasteiger partial charge in [-0.3, -0.25) is 4.79 Å². The van der Waals surface area contributed by atoms with Gasteiger partial charge in [-0.2, -0.15) is 0 Å². The number of carbonyl (C=O) groups excluding carboxylic acids is 1. The Morgan fingerprint density at radius 2 is 2.04 bits per heavy atom. The second kappa shape index (κ2) is 7.52. The lowest BCUT2D eigenvalue weighted by Gasteiger charge is -2.28. The van der Waals surface area contributed by atoms with E-state index in [1.54, 1.807) is 36.6 Å². The van der Waals surface area contributed by atoms with Gasteiger partial charge in [0.15, 0.2) is 11.5 Å². The van der Waals surface area contributed by atoms with Gasteiger partial charge < -0.3 is 19.5 Å². The third-order valence-corrected chi connectivity index (χ3v) is 5.72. The van der Waals surface area contributed by atoms with Crippen molar-refractivity contribution in [2.75, 3.05) is 20.8 Å². The zero-order valence-corrected chi connectivity index (χ0v) is 16.5. The Morgan fingerprint density at radius 3 is 2.82 bits per heavy atom. The molecule has 2 aromatic carbocycles. The monoisotopic (exact) mass is 396 g/mol. The summed E-state index contributed by atoms with van der Waals surface area (Å²) in [5.74, 6) is 1.32. The van der Waals surface area contributed by atoms with Crippen LogP contribution in [0.2, 0.25) is 0 Å². The number of carbonyl (C=O) groups is 1. The maximum atomic E-state index is 13.0. The number of phenols is 1. The number of thiazole rings is 1. The molecule has 4 rings (SSSR count). The highest BCUT2D eigenvalue weighted by atomic mass is 32.1. The van der Waals surface area contributed by atoms with Crippen molar-refractivity contribution in [1.29, 1.82) is 0 Å². The van der Waals surface area contributed by atoms with Crippen LogP contribution < -0.4 is 9.47 Å². The van der Waals surface area contributed by atoms with E-state index in [2.05, 4.69) is 4.98 Å². The summed E-state index contributed by atoms with van der Waals surface area (Å²) in [4.78, 5) is 19.3. The fourth-order valence-electron chi connectivity index (χ4n) is 3.43. The molecule has 2 heterocycles. The second-order valence-corrected chi connectivity index (χ2v) is 7.37. The van der Waals surface area contributed by atoms with Gasteiger partial charge in [-0.05, 0) is 41.8 Å². The molecule has 1 amide bonds. The van der Waals surface area contributed by atoms with Crippen molar-refractivity contribution < 1.29 is 19.4 Å². The Bertz CT molecular complexity index is 1030. The standard InChI is InChI=1S/C21H20N2O4S/c1-26-18-5-3-4-16(19(18)27-2)20-22-17(12-28-20)21(25)23-9-8-13-6-7-15(24)10-14(13)11-23/h3-7,10,12,24H,8-9,11H2,1-2H3. The highest BCUT2D eigenvalue weighted by molar-refractivity contribution is 7.13. The number of hydrogen-bond donors (Lipinski definition) is 1. The van der Waals surface area contributed by atoms with Gasteiger partial charge in [0.2, 0.25) is 0 Å². The first-order valence-corrected chi connectivity index (χ1v) is 9.75. The molecule has 7 heteroatoms. The number of hydrogen-bond acceptors (Lipinski definition) is 6. The van der Waals surface area contributed by atoms with E-state index in [-0.39, 0.29) is 11.7 Å². The van der Waals surface area contributed by atoms with Crippen LogP contribution in [-0.4, -0.2) is 41.7 Å². The topological polar surface area (TPSA) is 71.9 Å². The van der Waals surface area contributed by atoms with Crippen molar-refractivity contribution in [2.24, 2.45) is 0 Å². The molecule has 28 heavy (non-hydrogen) atoms. The molecule has 3 aromatic rings. The number of para-hydroxylation sites is 1. The Morgan fingerprint density at radius 1 is 1.18 bits per heavy atom. The quantitative estimate of drug-likeness (QED) is 0.728. The molecule has 144 valence electrons. The van der Waals surface area contributed by atoms with Crippen molar-refractivity contribution in [3.63, 3.8) is 0 Å². The highest BCUT2D eigenvalue weighted by Gasteiger charge is 2.25. The van der Waals surface area contributed by atoms with E-state index >= 15 is 0 Å². The first kappa shape index (κ1) is 18.3. The lowest BCUT2D eigenvalue weighted by atomic mass is 9.99. The van der Waals surface area contributed by atoms with Crippen LogP contribution >= 0.6 is 11.3 Å². The third-order valence-electron chi connectivity index (χ3n) is 4.85. The minimum atomic E-state index is -0.113. The number of benzene rings is 2. The molecule has 1 aliphatic heterocycles. The predicted molar refractivity (Wildman–Crippen MR) is 107 cm³/mol. The molecule has 1 N–H and O–H groups in total. The van der Waals surface area contributed by atoms with E-state index in [1.165, 1.54) is 16.9 Å². The second-order valence-electron chi connectivity index (χ2n) is 6.51. The number of phenolic OH excluding ortho intramolecular Hbond substituents is 1. The Labute approximate surface area is 167 Å². The predicted octanol–water partition coefficient (Wildman–Crippen LogP) is 3.73. The number of aromatic nitrogens is 1. The number of ether oxygens (including phenoxy) is 2. The lowest BCUT2D eigenvalue weighted by molar-refractivity contribution is 0.0729. The summed E-state index contributed by atoms with van der Waals surface area (Å²) in [6, 6.07) is 10.9.